The second-order valence-corrected chi connectivity index (χ2v) is 4.49. The third-order valence-electron chi connectivity index (χ3n) is 1.77. The summed E-state index contributed by atoms with van der Waals surface area (Å²) in [6.07, 6.45) is 0. The van der Waals surface area contributed by atoms with Crippen LogP contribution in [0, 0.1) is 0 Å². The van der Waals surface area contributed by atoms with Gasteiger partial charge in [-0.05, 0) is 0 Å². The number of carbonyl (C=O) groups is 2. The van der Waals surface area contributed by atoms with E-state index < -0.39 is 0 Å². The molecule has 0 aromatic heterocycles. The first-order valence-electron chi connectivity index (χ1n) is 4.38. The smallest absolute Gasteiger partial charge is 0.246 e. The zero-order valence-electron chi connectivity index (χ0n) is 8.32. The third-order valence-corrected chi connectivity index (χ3v) is 3.21. The summed E-state index contributed by atoms with van der Waals surface area (Å²) in [5.41, 5.74) is 0. The van der Waals surface area contributed by atoms with Crippen molar-refractivity contribution in [1.29, 1.82) is 0 Å². The molecule has 0 aromatic carbocycles. The highest BCUT2D eigenvalue weighted by molar-refractivity contribution is 8.23. The zero-order valence-corrected chi connectivity index (χ0v) is 9.95. The molecule has 1 N–H and O–H groups in total. The van der Waals surface area contributed by atoms with Crippen molar-refractivity contribution < 1.29 is 14.3 Å². The third kappa shape index (κ3) is 3.77. The minimum atomic E-state index is -0.192. The van der Waals surface area contributed by atoms with Crippen molar-refractivity contribution in [3.8, 4) is 0 Å². The molecule has 1 rings (SSSR count). The van der Waals surface area contributed by atoms with Crippen LogP contribution in [-0.4, -0.2) is 53.6 Å². The molecule has 84 valence electrons. The monoisotopic (exact) mass is 248 g/mol. The second kappa shape index (κ2) is 6.04. The van der Waals surface area contributed by atoms with E-state index in [1.54, 1.807) is 0 Å². The molecule has 0 unspecified atom stereocenters. The lowest BCUT2D eigenvalue weighted by Gasteiger charge is -2.14. The molecule has 0 aromatic rings. The van der Waals surface area contributed by atoms with Crippen LogP contribution < -0.4 is 5.32 Å². The molecule has 0 saturated carbocycles. The standard InChI is InChI=1S/C8H12N2O3S2/c1-13-4-6(11)9-2-3-10-7(12)5-15-8(10)14/h2-5H2,1H3,(H,9,11). The minimum Gasteiger partial charge on any atom is -0.375 e. The molecule has 0 radical (unpaired) electrons. The summed E-state index contributed by atoms with van der Waals surface area (Å²) in [5, 5.41) is 2.62. The molecule has 0 spiro atoms. The van der Waals surface area contributed by atoms with Gasteiger partial charge in [0.05, 0.1) is 5.75 Å². The van der Waals surface area contributed by atoms with Gasteiger partial charge in [-0.1, -0.05) is 24.0 Å². The van der Waals surface area contributed by atoms with Crippen LogP contribution in [0.15, 0.2) is 0 Å². The topological polar surface area (TPSA) is 58.6 Å². The average Bonchev–Trinajstić information content (AvgIpc) is 2.49. The van der Waals surface area contributed by atoms with Crippen LogP contribution in [0.3, 0.4) is 0 Å². The molecule has 0 atom stereocenters. The zero-order chi connectivity index (χ0) is 11.3. The molecule has 1 aliphatic rings. The van der Waals surface area contributed by atoms with Gasteiger partial charge in [0.15, 0.2) is 0 Å². The van der Waals surface area contributed by atoms with Gasteiger partial charge in [0, 0.05) is 20.2 Å². The Morgan fingerprint density at radius 2 is 2.47 bits per heavy atom. The van der Waals surface area contributed by atoms with Crippen LogP contribution in [-0.2, 0) is 14.3 Å². The largest absolute Gasteiger partial charge is 0.375 e. The van der Waals surface area contributed by atoms with Crippen LogP contribution in [0.25, 0.3) is 0 Å². The quantitative estimate of drug-likeness (QED) is 0.672. The van der Waals surface area contributed by atoms with Gasteiger partial charge in [0.25, 0.3) is 0 Å². The first-order valence-corrected chi connectivity index (χ1v) is 5.77. The second-order valence-electron chi connectivity index (χ2n) is 2.88. The molecule has 0 aliphatic carbocycles. The van der Waals surface area contributed by atoms with Gasteiger partial charge < -0.3 is 10.1 Å². The number of hydrogen-bond donors (Lipinski definition) is 1. The summed E-state index contributed by atoms with van der Waals surface area (Å²) in [7, 11) is 1.45. The van der Waals surface area contributed by atoms with E-state index in [0.717, 1.165) is 0 Å². The fraction of sp³-hybridized carbons (Fsp3) is 0.625. The molecular formula is C8H12N2O3S2. The number of ether oxygens (including phenoxy) is 1. The maximum absolute atomic E-state index is 11.3. The van der Waals surface area contributed by atoms with Crippen LogP contribution in [0.1, 0.15) is 0 Å². The Bertz CT molecular complexity index is 267. The van der Waals surface area contributed by atoms with E-state index in [0.29, 0.717) is 23.2 Å². The summed E-state index contributed by atoms with van der Waals surface area (Å²) in [6.45, 7) is 0.863. The van der Waals surface area contributed by atoms with Crippen molar-refractivity contribution in [3.63, 3.8) is 0 Å². The number of carbonyl (C=O) groups excluding carboxylic acids is 2. The number of methoxy groups -OCH3 is 1. The van der Waals surface area contributed by atoms with Crippen LogP contribution >= 0.6 is 24.0 Å². The number of nitrogens with zero attached hydrogens (tertiary/aromatic N) is 1. The Morgan fingerprint density at radius 3 is 3.00 bits per heavy atom. The Hall–Kier alpha value is -0.660. The summed E-state index contributed by atoms with van der Waals surface area (Å²) >= 11 is 6.33. The molecule has 1 aliphatic heterocycles. The molecule has 0 bridgehead atoms. The van der Waals surface area contributed by atoms with E-state index in [1.807, 2.05) is 0 Å². The van der Waals surface area contributed by atoms with Gasteiger partial charge in [-0.2, -0.15) is 0 Å². The number of thiocarbonyl (C=S) groups is 1. The number of rotatable bonds is 5. The van der Waals surface area contributed by atoms with Crippen LogP contribution in [0.5, 0.6) is 0 Å². The Morgan fingerprint density at radius 1 is 1.73 bits per heavy atom. The molecule has 7 heteroatoms. The molecule has 5 nitrogen and oxygen atoms in total. The normalized spacial score (nSPS) is 15.9. The maximum Gasteiger partial charge on any atom is 0.246 e. The van der Waals surface area contributed by atoms with Gasteiger partial charge in [0.2, 0.25) is 11.8 Å². The van der Waals surface area contributed by atoms with Gasteiger partial charge in [-0.3, -0.25) is 14.5 Å². The summed E-state index contributed by atoms with van der Waals surface area (Å²) in [4.78, 5) is 23.8. The highest BCUT2D eigenvalue weighted by Crippen LogP contribution is 2.18. The number of thioether (sulfide) groups is 1. The lowest BCUT2D eigenvalue weighted by atomic mass is 10.5. The summed E-state index contributed by atoms with van der Waals surface area (Å²) in [6, 6.07) is 0. The first kappa shape index (κ1) is 12.4. The predicted molar refractivity (Wildman–Crippen MR) is 61.7 cm³/mol. The van der Waals surface area contributed by atoms with E-state index in [2.05, 4.69) is 10.1 Å². The van der Waals surface area contributed by atoms with Crippen molar-refractivity contribution in [1.82, 2.24) is 10.2 Å². The predicted octanol–water partition coefficient (Wildman–Crippen LogP) is -0.391. The molecule has 1 fully saturated rings. The van der Waals surface area contributed by atoms with Gasteiger partial charge >= 0.3 is 0 Å². The molecule has 1 heterocycles. The molecule has 2 amide bonds. The number of amides is 2. The lowest BCUT2D eigenvalue weighted by Crippen LogP contribution is -2.38. The fourth-order valence-electron chi connectivity index (χ4n) is 1.09. The SMILES string of the molecule is COCC(=O)NCCN1C(=O)CSC1=S. The average molecular weight is 248 g/mol. The molecular weight excluding hydrogens is 236 g/mol. The summed E-state index contributed by atoms with van der Waals surface area (Å²) < 4.78 is 5.23. The van der Waals surface area contributed by atoms with Crippen LogP contribution in [0.2, 0.25) is 0 Å². The highest BCUT2D eigenvalue weighted by atomic mass is 32.2. The van der Waals surface area contributed by atoms with Crippen molar-refractivity contribution in [2.24, 2.45) is 0 Å². The fourth-order valence-corrected chi connectivity index (χ4v) is 2.21. The Balaban J connectivity index is 2.22. The van der Waals surface area contributed by atoms with E-state index in [4.69, 9.17) is 12.2 Å². The molecule has 15 heavy (non-hydrogen) atoms. The van der Waals surface area contributed by atoms with E-state index in [1.165, 1.54) is 23.8 Å². The number of nitrogens with one attached hydrogen (secondary N) is 1. The van der Waals surface area contributed by atoms with E-state index >= 15 is 0 Å². The lowest BCUT2D eigenvalue weighted by molar-refractivity contribution is -0.126. The Kier molecular flexibility index (Phi) is 5.00. The van der Waals surface area contributed by atoms with E-state index in [-0.39, 0.29) is 18.4 Å². The van der Waals surface area contributed by atoms with Crippen LogP contribution in [0.4, 0.5) is 0 Å². The van der Waals surface area contributed by atoms with Crippen molar-refractivity contribution >= 4 is 40.1 Å². The highest BCUT2D eigenvalue weighted by Gasteiger charge is 2.25. The van der Waals surface area contributed by atoms with Crippen molar-refractivity contribution in [2.45, 2.75) is 0 Å². The maximum atomic E-state index is 11.3. The van der Waals surface area contributed by atoms with Gasteiger partial charge in [-0.15, -0.1) is 0 Å². The number of hydrogen-bond acceptors (Lipinski definition) is 5. The van der Waals surface area contributed by atoms with Gasteiger partial charge in [-0.25, -0.2) is 0 Å². The van der Waals surface area contributed by atoms with E-state index in [9.17, 15) is 9.59 Å². The summed E-state index contributed by atoms with van der Waals surface area (Å²) in [5.74, 6) is 0.221. The van der Waals surface area contributed by atoms with Crippen molar-refractivity contribution in [2.75, 3.05) is 32.6 Å². The Labute approximate surface area is 97.5 Å². The minimum absolute atomic E-state index is 0.00555. The first-order chi connectivity index (χ1) is 7.15. The molecule has 1 saturated heterocycles. The van der Waals surface area contributed by atoms with Gasteiger partial charge in [0.1, 0.15) is 10.9 Å². The van der Waals surface area contributed by atoms with Crippen molar-refractivity contribution in [3.05, 3.63) is 0 Å².